The fraction of sp³-hybridized carbons (Fsp3) is 0.538. The summed E-state index contributed by atoms with van der Waals surface area (Å²) in [7, 11) is -0.764. The lowest BCUT2D eigenvalue weighted by molar-refractivity contribution is 0.525. The Morgan fingerprint density at radius 3 is 3.00 bits per heavy atom. The third kappa shape index (κ3) is 3.34. The van der Waals surface area contributed by atoms with Gasteiger partial charge in [0.15, 0.2) is 0 Å². The van der Waals surface area contributed by atoms with Gasteiger partial charge in [0.1, 0.15) is 11.3 Å². The maximum absolute atomic E-state index is 11.2. The number of alkyl halides is 1. The lowest BCUT2D eigenvalue weighted by Gasteiger charge is -2.16. The number of fused-ring (bicyclic) bond motifs is 1. The van der Waals surface area contributed by atoms with Crippen LogP contribution in [0.1, 0.15) is 25.2 Å². The maximum Gasteiger partial charge on any atom is 0.111 e. The van der Waals surface area contributed by atoms with E-state index in [4.69, 9.17) is 11.6 Å². The van der Waals surface area contributed by atoms with Crippen molar-refractivity contribution in [2.24, 2.45) is 0 Å². The van der Waals surface area contributed by atoms with E-state index in [1.165, 1.54) is 0 Å². The molecule has 0 spiro atoms. The number of pyridine rings is 1. The van der Waals surface area contributed by atoms with Crippen molar-refractivity contribution in [3.05, 3.63) is 24.3 Å². The minimum absolute atomic E-state index is 0.259. The highest BCUT2D eigenvalue weighted by Crippen LogP contribution is 2.23. The second-order valence-electron chi connectivity index (χ2n) is 4.62. The second-order valence-corrected chi connectivity index (χ2v) is 6.55. The van der Waals surface area contributed by atoms with Crippen molar-refractivity contribution in [1.29, 1.82) is 0 Å². The number of aryl methyl sites for hydroxylation is 1. The predicted octanol–water partition coefficient (Wildman–Crippen LogP) is 2.54. The average molecular weight is 300 g/mol. The van der Waals surface area contributed by atoms with E-state index in [-0.39, 0.29) is 6.04 Å². The van der Waals surface area contributed by atoms with Crippen molar-refractivity contribution in [3.63, 3.8) is 0 Å². The van der Waals surface area contributed by atoms with Crippen LogP contribution in [-0.4, -0.2) is 36.6 Å². The minimum atomic E-state index is -0.764. The number of aromatic nitrogens is 3. The highest BCUT2D eigenvalue weighted by atomic mass is 35.5. The summed E-state index contributed by atoms with van der Waals surface area (Å²) in [6, 6.07) is 2.23. The van der Waals surface area contributed by atoms with Gasteiger partial charge in [-0.1, -0.05) is 0 Å². The smallest absolute Gasteiger partial charge is 0.111 e. The topological polar surface area (TPSA) is 47.8 Å². The van der Waals surface area contributed by atoms with E-state index in [1.54, 1.807) is 18.6 Å². The molecule has 19 heavy (non-hydrogen) atoms. The first-order valence-corrected chi connectivity index (χ1v) is 8.56. The van der Waals surface area contributed by atoms with Crippen molar-refractivity contribution in [3.8, 4) is 0 Å². The molecule has 6 heteroatoms. The summed E-state index contributed by atoms with van der Waals surface area (Å²) in [6.45, 7) is 2.13. The summed E-state index contributed by atoms with van der Waals surface area (Å²) < 4.78 is 13.4. The van der Waals surface area contributed by atoms with Crippen LogP contribution in [0.25, 0.3) is 11.0 Å². The normalized spacial score (nSPS) is 14.7. The molecule has 0 radical (unpaired) electrons. The van der Waals surface area contributed by atoms with Crippen LogP contribution in [0.3, 0.4) is 0 Å². The zero-order valence-electron chi connectivity index (χ0n) is 11.2. The van der Waals surface area contributed by atoms with Crippen LogP contribution in [0.2, 0.25) is 0 Å². The molecule has 0 fully saturated rings. The number of rotatable bonds is 6. The van der Waals surface area contributed by atoms with E-state index in [0.717, 1.165) is 29.7 Å². The first kappa shape index (κ1) is 14.5. The molecule has 2 heterocycles. The van der Waals surface area contributed by atoms with Crippen LogP contribution < -0.4 is 0 Å². The Balaban J connectivity index is 2.37. The van der Waals surface area contributed by atoms with Gasteiger partial charge in [0.05, 0.1) is 11.7 Å². The molecule has 0 saturated heterocycles. The number of hydrogen-bond donors (Lipinski definition) is 0. The van der Waals surface area contributed by atoms with Crippen LogP contribution >= 0.6 is 11.6 Å². The number of halogens is 1. The predicted molar refractivity (Wildman–Crippen MR) is 80.2 cm³/mol. The van der Waals surface area contributed by atoms with Gasteiger partial charge < -0.3 is 4.57 Å². The van der Waals surface area contributed by atoms with Gasteiger partial charge in [-0.05, 0) is 19.4 Å². The monoisotopic (exact) mass is 299 g/mol. The van der Waals surface area contributed by atoms with Crippen molar-refractivity contribution < 1.29 is 4.21 Å². The van der Waals surface area contributed by atoms with E-state index < -0.39 is 10.8 Å². The Morgan fingerprint density at radius 1 is 1.53 bits per heavy atom. The molecule has 2 rings (SSSR count). The molecule has 104 valence electrons. The second kappa shape index (κ2) is 6.48. The van der Waals surface area contributed by atoms with Gasteiger partial charge in [-0.25, -0.2) is 4.98 Å². The van der Waals surface area contributed by atoms with E-state index in [9.17, 15) is 4.21 Å². The molecule has 2 aromatic heterocycles. The first-order valence-electron chi connectivity index (χ1n) is 6.30. The van der Waals surface area contributed by atoms with Gasteiger partial charge in [-0.3, -0.25) is 9.19 Å². The Kier molecular flexibility index (Phi) is 4.93. The van der Waals surface area contributed by atoms with Gasteiger partial charge in [0, 0.05) is 47.3 Å². The molecule has 0 aliphatic carbocycles. The highest BCUT2D eigenvalue weighted by Gasteiger charge is 2.15. The quantitative estimate of drug-likeness (QED) is 0.770. The Labute approximate surface area is 120 Å². The van der Waals surface area contributed by atoms with Crippen LogP contribution in [0.4, 0.5) is 0 Å². The number of imidazole rings is 1. The molecular formula is C13H18ClN3OS. The molecule has 0 saturated carbocycles. The fourth-order valence-corrected chi connectivity index (χ4v) is 3.06. The molecule has 0 bridgehead atoms. The van der Waals surface area contributed by atoms with Crippen molar-refractivity contribution in [2.75, 3.05) is 17.9 Å². The Bertz CT molecular complexity index is 584. The zero-order chi connectivity index (χ0) is 13.8. The van der Waals surface area contributed by atoms with Gasteiger partial charge in [-0.2, -0.15) is 0 Å². The van der Waals surface area contributed by atoms with Crippen LogP contribution in [-0.2, 0) is 17.2 Å². The van der Waals surface area contributed by atoms with E-state index in [2.05, 4.69) is 21.5 Å². The molecule has 2 aromatic rings. The Hall–Kier alpha value is -0.940. The van der Waals surface area contributed by atoms with E-state index in [0.29, 0.717) is 11.6 Å². The third-order valence-electron chi connectivity index (χ3n) is 3.15. The summed E-state index contributed by atoms with van der Waals surface area (Å²) in [5.41, 5.74) is 1.97. The van der Waals surface area contributed by atoms with Gasteiger partial charge >= 0.3 is 0 Å². The highest BCUT2D eigenvalue weighted by molar-refractivity contribution is 7.84. The summed E-state index contributed by atoms with van der Waals surface area (Å²) >= 11 is 5.85. The van der Waals surface area contributed by atoms with Gasteiger partial charge in [0.2, 0.25) is 0 Å². The molecule has 4 nitrogen and oxygen atoms in total. The summed E-state index contributed by atoms with van der Waals surface area (Å²) in [5.74, 6) is 2.22. The van der Waals surface area contributed by atoms with E-state index in [1.807, 2.05) is 6.07 Å². The minimum Gasteiger partial charge on any atom is -0.325 e. The van der Waals surface area contributed by atoms with Gasteiger partial charge in [-0.15, -0.1) is 11.6 Å². The average Bonchev–Trinajstić information content (AvgIpc) is 2.74. The summed E-state index contributed by atoms with van der Waals surface area (Å²) in [4.78, 5) is 8.69. The first-order chi connectivity index (χ1) is 9.13. The molecule has 0 aliphatic rings. The van der Waals surface area contributed by atoms with Gasteiger partial charge in [0.25, 0.3) is 0 Å². The van der Waals surface area contributed by atoms with Crippen molar-refractivity contribution in [1.82, 2.24) is 14.5 Å². The standard InChI is InChI=1S/C13H18ClN3OS/c1-10(5-8-19(2)18)17-12-4-7-15-9-11(12)16-13(17)3-6-14/h4,7,9-10H,3,5-6,8H2,1-2H3. The molecular weight excluding hydrogens is 282 g/mol. The summed E-state index contributed by atoms with van der Waals surface area (Å²) in [6.07, 6.45) is 6.88. The number of nitrogens with zero attached hydrogens (tertiary/aromatic N) is 3. The van der Waals surface area contributed by atoms with E-state index >= 15 is 0 Å². The molecule has 0 amide bonds. The molecule has 0 aliphatic heterocycles. The largest absolute Gasteiger partial charge is 0.325 e. The van der Waals surface area contributed by atoms with Crippen molar-refractivity contribution >= 4 is 33.4 Å². The van der Waals surface area contributed by atoms with Crippen molar-refractivity contribution in [2.45, 2.75) is 25.8 Å². The maximum atomic E-state index is 11.2. The molecule has 0 aromatic carbocycles. The summed E-state index contributed by atoms with van der Waals surface area (Å²) in [5, 5.41) is 0. The Morgan fingerprint density at radius 2 is 2.32 bits per heavy atom. The SMILES string of the molecule is CC(CCS(C)=O)n1c(CCCl)nc2cnccc21. The van der Waals surface area contributed by atoms with Crippen LogP contribution in [0.5, 0.6) is 0 Å². The zero-order valence-corrected chi connectivity index (χ0v) is 12.7. The lowest BCUT2D eigenvalue weighted by Crippen LogP contribution is -2.12. The molecule has 2 unspecified atom stereocenters. The molecule has 2 atom stereocenters. The van der Waals surface area contributed by atoms with Crippen LogP contribution in [0, 0.1) is 0 Å². The number of hydrogen-bond acceptors (Lipinski definition) is 3. The third-order valence-corrected chi connectivity index (χ3v) is 4.15. The fourth-order valence-electron chi connectivity index (χ4n) is 2.22. The molecule has 0 N–H and O–H groups in total. The van der Waals surface area contributed by atoms with Crippen LogP contribution in [0.15, 0.2) is 18.5 Å². The lowest BCUT2D eigenvalue weighted by atomic mass is 10.2.